The molecule has 2 aromatic carbocycles. The molecule has 5 nitrogen and oxygen atoms in total. The van der Waals surface area contributed by atoms with Gasteiger partial charge in [-0.15, -0.1) is 0 Å². The molecule has 0 radical (unpaired) electrons. The van der Waals surface area contributed by atoms with Crippen molar-refractivity contribution in [3.63, 3.8) is 0 Å². The number of rotatable bonds is 6. The van der Waals surface area contributed by atoms with E-state index in [0.29, 0.717) is 24.2 Å². The highest BCUT2D eigenvalue weighted by molar-refractivity contribution is 5.99. The van der Waals surface area contributed by atoms with Gasteiger partial charge in [-0.2, -0.15) is 0 Å². The van der Waals surface area contributed by atoms with Gasteiger partial charge in [0.2, 0.25) is 0 Å². The molecule has 1 amide bonds. The number of halogens is 1. The van der Waals surface area contributed by atoms with Gasteiger partial charge in [0.15, 0.2) is 6.10 Å². The van der Waals surface area contributed by atoms with Crippen molar-refractivity contribution in [2.24, 2.45) is 0 Å². The second kappa shape index (κ2) is 8.82. The molecule has 0 aliphatic carbocycles. The summed E-state index contributed by atoms with van der Waals surface area (Å²) in [6.07, 6.45) is -0.388. The van der Waals surface area contributed by atoms with Crippen molar-refractivity contribution < 1.29 is 18.7 Å². The summed E-state index contributed by atoms with van der Waals surface area (Å²) < 4.78 is 18.3. The molecule has 6 heteroatoms. The minimum Gasteiger partial charge on any atom is -0.449 e. The second-order valence-electron chi connectivity index (χ2n) is 6.93. The van der Waals surface area contributed by atoms with E-state index in [-0.39, 0.29) is 11.7 Å². The van der Waals surface area contributed by atoms with Gasteiger partial charge in [-0.3, -0.25) is 9.78 Å². The average molecular weight is 394 g/mol. The van der Waals surface area contributed by atoms with Gasteiger partial charge in [0, 0.05) is 11.9 Å². The normalized spacial score (nSPS) is 11.9. The number of hydrogen-bond acceptors (Lipinski definition) is 4. The van der Waals surface area contributed by atoms with E-state index in [1.807, 2.05) is 31.2 Å². The van der Waals surface area contributed by atoms with Crippen LogP contribution in [0.1, 0.15) is 34.1 Å². The summed E-state index contributed by atoms with van der Waals surface area (Å²) in [5, 5.41) is 3.61. The van der Waals surface area contributed by atoms with Gasteiger partial charge >= 0.3 is 5.97 Å². The molecule has 3 rings (SSSR count). The standard InChI is InChI=1S/C23H23FN2O3/c1-14-19-6-4-5-7-20(19)26-15(2)21(14)23(28)29-16(3)22(27)25-13-12-17-8-10-18(24)11-9-17/h4-11,16H,12-13H2,1-3H3,(H,25,27)/t16-/m1/s1. The zero-order valence-electron chi connectivity index (χ0n) is 16.7. The van der Waals surface area contributed by atoms with Gasteiger partial charge in [-0.05, 0) is 56.5 Å². The number of pyridine rings is 1. The van der Waals surface area contributed by atoms with Crippen LogP contribution in [0.3, 0.4) is 0 Å². The van der Waals surface area contributed by atoms with Gasteiger partial charge in [-0.25, -0.2) is 9.18 Å². The number of aryl methyl sites for hydroxylation is 2. The Hall–Kier alpha value is -3.28. The fourth-order valence-corrected chi connectivity index (χ4v) is 3.23. The molecule has 1 heterocycles. The van der Waals surface area contributed by atoms with Gasteiger partial charge in [-0.1, -0.05) is 30.3 Å². The summed E-state index contributed by atoms with van der Waals surface area (Å²) in [4.78, 5) is 29.4. The molecule has 0 aliphatic heterocycles. The van der Waals surface area contributed by atoms with E-state index >= 15 is 0 Å². The van der Waals surface area contributed by atoms with Crippen LogP contribution in [0.25, 0.3) is 10.9 Å². The Kier molecular flexibility index (Phi) is 6.22. The highest BCUT2D eigenvalue weighted by Crippen LogP contribution is 2.23. The highest BCUT2D eigenvalue weighted by atomic mass is 19.1. The maximum atomic E-state index is 12.9. The van der Waals surface area contributed by atoms with Crippen LogP contribution in [-0.2, 0) is 16.0 Å². The maximum absolute atomic E-state index is 12.9. The highest BCUT2D eigenvalue weighted by Gasteiger charge is 2.23. The second-order valence-corrected chi connectivity index (χ2v) is 6.93. The maximum Gasteiger partial charge on any atom is 0.341 e. The number of nitrogens with zero attached hydrogens (tertiary/aromatic N) is 1. The zero-order valence-corrected chi connectivity index (χ0v) is 16.7. The summed E-state index contributed by atoms with van der Waals surface area (Å²) in [7, 11) is 0. The lowest BCUT2D eigenvalue weighted by molar-refractivity contribution is -0.129. The zero-order chi connectivity index (χ0) is 21.0. The number of hydrogen-bond donors (Lipinski definition) is 1. The third-order valence-corrected chi connectivity index (χ3v) is 4.82. The molecule has 0 spiro atoms. The molecule has 3 aromatic rings. The molecule has 1 atom stereocenters. The van der Waals surface area contributed by atoms with Crippen LogP contribution in [0.4, 0.5) is 4.39 Å². The topological polar surface area (TPSA) is 68.3 Å². The van der Waals surface area contributed by atoms with Crippen molar-refractivity contribution in [3.05, 3.63) is 76.7 Å². The molecule has 1 N–H and O–H groups in total. The SMILES string of the molecule is Cc1nc2ccccc2c(C)c1C(=O)O[C@H](C)C(=O)NCCc1ccc(F)cc1. The van der Waals surface area contributed by atoms with Crippen LogP contribution in [-0.4, -0.2) is 29.5 Å². The van der Waals surface area contributed by atoms with Crippen molar-refractivity contribution >= 4 is 22.8 Å². The third kappa shape index (κ3) is 4.77. The number of aromatic nitrogens is 1. The monoisotopic (exact) mass is 394 g/mol. The van der Waals surface area contributed by atoms with Crippen LogP contribution < -0.4 is 5.32 Å². The first-order chi connectivity index (χ1) is 13.9. The molecule has 0 unspecified atom stereocenters. The summed E-state index contributed by atoms with van der Waals surface area (Å²) >= 11 is 0. The minimum atomic E-state index is -0.944. The van der Waals surface area contributed by atoms with Crippen LogP contribution in [0.15, 0.2) is 48.5 Å². The van der Waals surface area contributed by atoms with Gasteiger partial charge in [0.05, 0.1) is 16.8 Å². The molecule has 29 heavy (non-hydrogen) atoms. The fourth-order valence-electron chi connectivity index (χ4n) is 3.23. The van der Waals surface area contributed by atoms with E-state index in [4.69, 9.17) is 4.74 Å². The number of amides is 1. The molecular formula is C23H23FN2O3. The lowest BCUT2D eigenvalue weighted by Crippen LogP contribution is -2.37. The van der Waals surface area contributed by atoms with E-state index in [9.17, 15) is 14.0 Å². The molecule has 150 valence electrons. The van der Waals surface area contributed by atoms with E-state index in [1.54, 1.807) is 19.1 Å². The number of carbonyl (C=O) groups is 2. The van der Waals surface area contributed by atoms with Crippen LogP contribution in [0, 0.1) is 19.7 Å². The number of benzene rings is 2. The quantitative estimate of drug-likeness (QED) is 0.644. The summed E-state index contributed by atoms with van der Waals surface area (Å²) in [6, 6.07) is 13.7. The number of carbonyl (C=O) groups excluding carboxylic acids is 2. The molecule has 1 aromatic heterocycles. The first-order valence-electron chi connectivity index (χ1n) is 9.46. The number of para-hydroxylation sites is 1. The number of esters is 1. The number of fused-ring (bicyclic) bond motifs is 1. The lowest BCUT2D eigenvalue weighted by atomic mass is 10.0. The van der Waals surface area contributed by atoms with E-state index in [1.165, 1.54) is 19.1 Å². The van der Waals surface area contributed by atoms with Crippen molar-refractivity contribution in [2.45, 2.75) is 33.3 Å². The van der Waals surface area contributed by atoms with Crippen LogP contribution >= 0.6 is 0 Å². The summed E-state index contributed by atoms with van der Waals surface area (Å²) in [6.45, 7) is 5.50. The molecule has 0 fully saturated rings. The Bertz CT molecular complexity index is 1050. The van der Waals surface area contributed by atoms with Gasteiger partial charge < -0.3 is 10.1 Å². The average Bonchev–Trinajstić information content (AvgIpc) is 2.69. The first kappa shape index (κ1) is 20.5. The smallest absolute Gasteiger partial charge is 0.341 e. The van der Waals surface area contributed by atoms with Gasteiger partial charge in [0.25, 0.3) is 5.91 Å². The summed E-state index contributed by atoms with van der Waals surface area (Å²) in [5.41, 5.74) is 3.45. The lowest BCUT2D eigenvalue weighted by Gasteiger charge is -2.16. The number of ether oxygens (including phenoxy) is 1. The molecule has 0 saturated carbocycles. The summed E-state index contributed by atoms with van der Waals surface area (Å²) in [5.74, 6) is -1.25. The van der Waals surface area contributed by atoms with Crippen molar-refractivity contribution in [1.82, 2.24) is 10.3 Å². The fraction of sp³-hybridized carbons (Fsp3) is 0.261. The Morgan fingerprint density at radius 2 is 1.79 bits per heavy atom. The number of nitrogens with one attached hydrogen (secondary N) is 1. The van der Waals surface area contributed by atoms with Crippen molar-refractivity contribution in [2.75, 3.05) is 6.54 Å². The predicted molar refractivity (Wildman–Crippen MR) is 109 cm³/mol. The Morgan fingerprint density at radius 1 is 1.10 bits per heavy atom. The van der Waals surface area contributed by atoms with Crippen molar-refractivity contribution in [3.8, 4) is 0 Å². The van der Waals surface area contributed by atoms with Crippen LogP contribution in [0.2, 0.25) is 0 Å². The molecule has 0 aliphatic rings. The Balaban J connectivity index is 1.62. The molecule has 0 bridgehead atoms. The largest absolute Gasteiger partial charge is 0.449 e. The predicted octanol–water partition coefficient (Wildman–Crippen LogP) is 3.89. The molecular weight excluding hydrogens is 371 g/mol. The third-order valence-electron chi connectivity index (χ3n) is 4.82. The minimum absolute atomic E-state index is 0.299. The van der Waals surface area contributed by atoms with E-state index < -0.39 is 12.1 Å². The van der Waals surface area contributed by atoms with Crippen LogP contribution in [0.5, 0.6) is 0 Å². The van der Waals surface area contributed by atoms with E-state index in [2.05, 4.69) is 10.3 Å². The van der Waals surface area contributed by atoms with Gasteiger partial charge in [0.1, 0.15) is 5.82 Å². The Morgan fingerprint density at radius 3 is 2.52 bits per heavy atom. The molecule has 0 saturated heterocycles. The van der Waals surface area contributed by atoms with E-state index in [0.717, 1.165) is 22.0 Å². The Labute approximate surface area is 168 Å². The van der Waals surface area contributed by atoms with Crippen molar-refractivity contribution in [1.29, 1.82) is 0 Å². The first-order valence-corrected chi connectivity index (χ1v) is 9.46.